The van der Waals surface area contributed by atoms with Crippen molar-refractivity contribution >= 4 is 35.6 Å². The highest BCUT2D eigenvalue weighted by Gasteiger charge is 2.04. The number of hydrogen-bond acceptors (Lipinski definition) is 2. The van der Waals surface area contributed by atoms with Crippen molar-refractivity contribution in [3.8, 4) is 6.07 Å². The van der Waals surface area contributed by atoms with E-state index in [4.69, 9.17) is 11.0 Å². The summed E-state index contributed by atoms with van der Waals surface area (Å²) in [5.41, 5.74) is 9.71. The summed E-state index contributed by atoms with van der Waals surface area (Å²) < 4.78 is 13.6. The molecule has 0 atom stereocenters. The number of aryl methyl sites for hydroxylation is 2. The van der Waals surface area contributed by atoms with Crippen LogP contribution in [0.5, 0.6) is 0 Å². The van der Waals surface area contributed by atoms with Crippen LogP contribution in [0, 0.1) is 31.0 Å². The summed E-state index contributed by atoms with van der Waals surface area (Å²) in [5, 5.41) is 11.8. The molecule has 0 radical (unpaired) electrons. The molecule has 0 aliphatic heterocycles. The summed E-state index contributed by atoms with van der Waals surface area (Å²) in [6.45, 7) is 4.11. The van der Waals surface area contributed by atoms with Crippen LogP contribution < -0.4 is 11.1 Å². The van der Waals surface area contributed by atoms with Crippen molar-refractivity contribution in [2.45, 2.75) is 20.4 Å². The van der Waals surface area contributed by atoms with E-state index in [1.807, 2.05) is 38.1 Å². The lowest BCUT2D eigenvalue weighted by Gasteiger charge is -2.08. The molecule has 0 saturated heterocycles. The molecule has 23 heavy (non-hydrogen) atoms. The van der Waals surface area contributed by atoms with Gasteiger partial charge in [-0.2, -0.15) is 5.26 Å². The van der Waals surface area contributed by atoms with E-state index < -0.39 is 5.82 Å². The fourth-order valence-corrected chi connectivity index (χ4v) is 1.94. The Kier molecular flexibility index (Phi) is 6.97. The maximum Gasteiger partial charge on any atom is 0.193 e. The lowest BCUT2D eigenvalue weighted by atomic mass is 10.1. The second-order valence-corrected chi connectivity index (χ2v) is 5.04. The van der Waals surface area contributed by atoms with E-state index in [9.17, 15) is 4.39 Å². The SMILES string of the molecule is Cc1ccc(NC(N)=NCc2cc(C#N)ccc2F)cc1C.I. The number of halogens is 2. The highest BCUT2D eigenvalue weighted by atomic mass is 127. The molecule has 0 unspecified atom stereocenters. The third-order valence-electron chi connectivity index (χ3n) is 3.37. The van der Waals surface area contributed by atoms with Crippen molar-refractivity contribution in [1.82, 2.24) is 0 Å². The number of anilines is 1. The third kappa shape index (κ3) is 5.21. The summed E-state index contributed by atoms with van der Waals surface area (Å²) >= 11 is 0. The fourth-order valence-electron chi connectivity index (χ4n) is 1.94. The van der Waals surface area contributed by atoms with Gasteiger partial charge in [0.15, 0.2) is 5.96 Å². The van der Waals surface area contributed by atoms with Crippen molar-refractivity contribution in [2.75, 3.05) is 5.32 Å². The van der Waals surface area contributed by atoms with E-state index in [1.54, 1.807) is 0 Å². The Bertz CT molecular complexity index is 766. The Morgan fingerprint density at radius 3 is 2.61 bits per heavy atom. The maximum atomic E-state index is 13.6. The minimum atomic E-state index is -0.401. The molecule has 4 nitrogen and oxygen atoms in total. The Balaban J connectivity index is 0.00000264. The summed E-state index contributed by atoms with van der Waals surface area (Å²) in [6, 6.07) is 12.0. The number of hydrogen-bond donors (Lipinski definition) is 2. The van der Waals surface area contributed by atoms with Gasteiger partial charge in [0.25, 0.3) is 0 Å². The van der Waals surface area contributed by atoms with Gasteiger partial charge in [0.1, 0.15) is 5.82 Å². The van der Waals surface area contributed by atoms with E-state index in [0.717, 1.165) is 11.3 Å². The summed E-state index contributed by atoms with van der Waals surface area (Å²) in [5.74, 6) is -0.202. The molecule has 120 valence electrons. The summed E-state index contributed by atoms with van der Waals surface area (Å²) in [7, 11) is 0. The molecule has 0 saturated carbocycles. The predicted molar refractivity (Wildman–Crippen MR) is 101 cm³/mol. The first kappa shape index (κ1) is 18.9. The van der Waals surface area contributed by atoms with Crippen LogP contribution in [-0.4, -0.2) is 5.96 Å². The number of nitrogens with one attached hydrogen (secondary N) is 1. The van der Waals surface area contributed by atoms with Crippen molar-refractivity contribution in [3.63, 3.8) is 0 Å². The number of nitrogens with two attached hydrogens (primary N) is 1. The monoisotopic (exact) mass is 424 g/mol. The zero-order valence-corrected chi connectivity index (χ0v) is 15.3. The minimum absolute atomic E-state index is 0. The van der Waals surface area contributed by atoms with Crippen LogP contribution in [0.2, 0.25) is 0 Å². The number of nitriles is 1. The van der Waals surface area contributed by atoms with Gasteiger partial charge in [-0.15, -0.1) is 24.0 Å². The van der Waals surface area contributed by atoms with E-state index in [2.05, 4.69) is 10.3 Å². The fraction of sp³-hybridized carbons (Fsp3) is 0.176. The molecule has 0 amide bonds. The molecule has 0 bridgehead atoms. The Labute approximate surface area is 152 Å². The van der Waals surface area contributed by atoms with Crippen LogP contribution in [0.1, 0.15) is 22.3 Å². The zero-order valence-electron chi connectivity index (χ0n) is 12.9. The van der Waals surface area contributed by atoms with Crippen LogP contribution in [0.3, 0.4) is 0 Å². The van der Waals surface area contributed by atoms with Gasteiger partial charge in [-0.25, -0.2) is 9.38 Å². The van der Waals surface area contributed by atoms with E-state index in [-0.39, 0.29) is 36.5 Å². The lowest BCUT2D eigenvalue weighted by molar-refractivity contribution is 0.610. The van der Waals surface area contributed by atoms with Crippen molar-refractivity contribution in [1.29, 1.82) is 5.26 Å². The average molecular weight is 424 g/mol. The first-order valence-electron chi connectivity index (χ1n) is 6.82. The Morgan fingerprint density at radius 2 is 1.96 bits per heavy atom. The average Bonchev–Trinajstić information content (AvgIpc) is 2.50. The smallest absolute Gasteiger partial charge is 0.193 e. The lowest BCUT2D eigenvalue weighted by Crippen LogP contribution is -2.22. The van der Waals surface area contributed by atoms with E-state index in [1.165, 1.54) is 23.8 Å². The Morgan fingerprint density at radius 1 is 1.22 bits per heavy atom. The summed E-state index contributed by atoms with van der Waals surface area (Å²) in [6.07, 6.45) is 0. The van der Waals surface area contributed by atoms with E-state index in [0.29, 0.717) is 11.1 Å². The van der Waals surface area contributed by atoms with Crippen molar-refractivity contribution in [3.05, 3.63) is 64.5 Å². The van der Waals surface area contributed by atoms with Gasteiger partial charge in [-0.1, -0.05) is 6.07 Å². The van der Waals surface area contributed by atoms with Gasteiger partial charge in [-0.05, 0) is 55.3 Å². The van der Waals surface area contributed by atoms with Gasteiger partial charge in [0.2, 0.25) is 0 Å². The van der Waals surface area contributed by atoms with Gasteiger partial charge in [0.05, 0.1) is 18.2 Å². The molecule has 0 aliphatic rings. The molecule has 2 rings (SSSR count). The molecular formula is C17H18FIN4. The summed E-state index contributed by atoms with van der Waals surface area (Å²) in [4.78, 5) is 4.11. The van der Waals surface area contributed by atoms with Crippen LogP contribution in [-0.2, 0) is 6.54 Å². The van der Waals surface area contributed by atoms with Crippen molar-refractivity contribution in [2.24, 2.45) is 10.7 Å². The quantitative estimate of drug-likeness (QED) is 0.447. The van der Waals surface area contributed by atoms with Gasteiger partial charge < -0.3 is 11.1 Å². The van der Waals surface area contributed by atoms with Crippen molar-refractivity contribution < 1.29 is 4.39 Å². The van der Waals surface area contributed by atoms with Gasteiger partial charge in [0, 0.05) is 11.3 Å². The molecule has 0 heterocycles. The van der Waals surface area contributed by atoms with Crippen LogP contribution in [0.15, 0.2) is 41.4 Å². The third-order valence-corrected chi connectivity index (χ3v) is 3.37. The van der Waals surface area contributed by atoms with Gasteiger partial charge >= 0.3 is 0 Å². The molecule has 2 aromatic rings. The molecule has 2 aromatic carbocycles. The first-order valence-corrected chi connectivity index (χ1v) is 6.82. The number of aliphatic imine (C=N–C) groups is 1. The first-order chi connectivity index (χ1) is 10.5. The molecule has 3 N–H and O–H groups in total. The largest absolute Gasteiger partial charge is 0.370 e. The number of benzene rings is 2. The van der Waals surface area contributed by atoms with Gasteiger partial charge in [-0.3, -0.25) is 0 Å². The highest BCUT2D eigenvalue weighted by Crippen LogP contribution is 2.14. The minimum Gasteiger partial charge on any atom is -0.370 e. The Hall–Kier alpha value is -2.14. The van der Waals surface area contributed by atoms with Crippen LogP contribution in [0.25, 0.3) is 0 Å². The normalized spacial score (nSPS) is 10.6. The zero-order chi connectivity index (χ0) is 16.1. The number of rotatable bonds is 3. The topological polar surface area (TPSA) is 74.2 Å². The number of guanidine groups is 1. The molecule has 6 heteroatoms. The standard InChI is InChI=1S/C17H17FN4.HI/c1-11-3-5-15(7-12(11)2)22-17(20)21-10-14-8-13(9-19)4-6-16(14)18;/h3-8H,10H2,1-2H3,(H3,20,21,22);1H. The van der Waals surface area contributed by atoms with Crippen LogP contribution in [0.4, 0.5) is 10.1 Å². The van der Waals surface area contributed by atoms with E-state index >= 15 is 0 Å². The predicted octanol–water partition coefficient (Wildman–Crippen LogP) is 3.86. The molecule has 0 aliphatic carbocycles. The molecule has 0 aromatic heterocycles. The maximum absolute atomic E-state index is 13.6. The second kappa shape index (κ2) is 8.48. The molecule has 0 spiro atoms. The molecular weight excluding hydrogens is 406 g/mol. The second-order valence-electron chi connectivity index (χ2n) is 5.04. The van der Waals surface area contributed by atoms with Crippen LogP contribution >= 0.6 is 24.0 Å². The molecule has 0 fully saturated rings. The number of nitrogens with zero attached hydrogens (tertiary/aromatic N) is 2. The highest BCUT2D eigenvalue weighted by molar-refractivity contribution is 14.0.